The van der Waals surface area contributed by atoms with Crippen molar-refractivity contribution >= 4 is 0 Å². The highest BCUT2D eigenvalue weighted by molar-refractivity contribution is 5.26. The van der Waals surface area contributed by atoms with Crippen LogP contribution in [-0.2, 0) is 0 Å². The van der Waals surface area contributed by atoms with Gasteiger partial charge in [0.25, 0.3) is 0 Å². The summed E-state index contributed by atoms with van der Waals surface area (Å²) >= 11 is 0. The largest absolute Gasteiger partial charge is 0.395 e. The van der Waals surface area contributed by atoms with Crippen molar-refractivity contribution in [2.24, 2.45) is 0 Å². The first-order valence-corrected chi connectivity index (χ1v) is 6.45. The van der Waals surface area contributed by atoms with Crippen LogP contribution < -0.4 is 5.32 Å². The molecule has 3 heteroatoms. The van der Waals surface area contributed by atoms with Crippen LogP contribution in [0.25, 0.3) is 0 Å². The first-order chi connectivity index (χ1) is 9.33. The summed E-state index contributed by atoms with van der Waals surface area (Å²) in [5.74, 6) is 0. The number of hydrogen-bond acceptors (Lipinski definition) is 3. The molecule has 2 aromatic rings. The molecule has 100 valence electrons. The minimum absolute atomic E-state index is 0.0465. The van der Waals surface area contributed by atoms with Crippen molar-refractivity contribution in [1.82, 2.24) is 5.32 Å². The van der Waals surface area contributed by atoms with Crippen LogP contribution in [0.5, 0.6) is 0 Å². The van der Waals surface area contributed by atoms with Crippen LogP contribution in [0.2, 0.25) is 0 Å². The number of benzene rings is 2. The summed E-state index contributed by atoms with van der Waals surface area (Å²) in [7, 11) is 0. The Morgan fingerprint density at radius 3 is 1.89 bits per heavy atom. The molecule has 3 nitrogen and oxygen atoms in total. The van der Waals surface area contributed by atoms with Crippen molar-refractivity contribution in [1.29, 1.82) is 0 Å². The third-order valence-electron chi connectivity index (χ3n) is 3.09. The fraction of sp³-hybridized carbons (Fsp3) is 0.250. The molecule has 0 heterocycles. The summed E-state index contributed by atoms with van der Waals surface area (Å²) in [6, 6.07) is 19.1. The van der Waals surface area contributed by atoms with Gasteiger partial charge in [-0.05, 0) is 11.1 Å². The fourth-order valence-electron chi connectivity index (χ4n) is 2.13. The van der Waals surface area contributed by atoms with E-state index < -0.39 is 6.10 Å². The van der Waals surface area contributed by atoms with Gasteiger partial charge in [-0.2, -0.15) is 0 Å². The second-order valence-corrected chi connectivity index (χ2v) is 4.42. The average molecular weight is 257 g/mol. The zero-order valence-corrected chi connectivity index (χ0v) is 10.7. The molecule has 0 spiro atoms. The molecule has 2 unspecified atom stereocenters. The summed E-state index contributed by atoms with van der Waals surface area (Å²) in [5, 5.41) is 22.7. The molecule has 0 radical (unpaired) electrons. The SMILES string of the molecule is OCCNC(c1ccccc1)C(O)c1ccccc1. The van der Waals surface area contributed by atoms with E-state index in [1.807, 2.05) is 60.7 Å². The zero-order chi connectivity index (χ0) is 13.5. The van der Waals surface area contributed by atoms with Gasteiger partial charge in [-0.1, -0.05) is 60.7 Å². The van der Waals surface area contributed by atoms with Crippen molar-refractivity contribution in [2.45, 2.75) is 12.1 Å². The van der Waals surface area contributed by atoms with Gasteiger partial charge in [-0.3, -0.25) is 0 Å². The van der Waals surface area contributed by atoms with Gasteiger partial charge in [0.05, 0.1) is 18.8 Å². The van der Waals surface area contributed by atoms with Gasteiger partial charge in [0.15, 0.2) is 0 Å². The second-order valence-electron chi connectivity index (χ2n) is 4.42. The number of aliphatic hydroxyl groups excluding tert-OH is 2. The maximum Gasteiger partial charge on any atom is 0.0984 e. The molecule has 19 heavy (non-hydrogen) atoms. The maximum atomic E-state index is 10.5. The van der Waals surface area contributed by atoms with E-state index in [1.165, 1.54) is 0 Å². The Morgan fingerprint density at radius 2 is 1.37 bits per heavy atom. The minimum Gasteiger partial charge on any atom is -0.395 e. The number of aliphatic hydroxyl groups is 2. The third-order valence-corrected chi connectivity index (χ3v) is 3.09. The molecule has 0 saturated carbocycles. The Bertz CT molecular complexity index is 473. The van der Waals surface area contributed by atoms with Gasteiger partial charge in [-0.25, -0.2) is 0 Å². The van der Waals surface area contributed by atoms with Crippen molar-refractivity contribution in [3.8, 4) is 0 Å². The van der Waals surface area contributed by atoms with Crippen molar-refractivity contribution < 1.29 is 10.2 Å². The van der Waals surface area contributed by atoms with E-state index in [4.69, 9.17) is 5.11 Å². The lowest BCUT2D eigenvalue weighted by Crippen LogP contribution is -2.29. The molecule has 3 N–H and O–H groups in total. The molecule has 0 aliphatic heterocycles. The lowest BCUT2D eigenvalue weighted by molar-refractivity contribution is 0.124. The summed E-state index contributed by atoms with van der Waals surface area (Å²) in [6.45, 7) is 0.494. The van der Waals surface area contributed by atoms with E-state index in [9.17, 15) is 5.11 Å². The molecule has 2 atom stereocenters. The first kappa shape index (κ1) is 13.7. The van der Waals surface area contributed by atoms with Crippen LogP contribution in [0.4, 0.5) is 0 Å². The van der Waals surface area contributed by atoms with Crippen molar-refractivity contribution in [2.75, 3.05) is 13.2 Å². The van der Waals surface area contributed by atoms with Gasteiger partial charge in [-0.15, -0.1) is 0 Å². The summed E-state index contributed by atoms with van der Waals surface area (Å²) in [5.41, 5.74) is 1.87. The van der Waals surface area contributed by atoms with E-state index in [2.05, 4.69) is 5.32 Å². The lowest BCUT2D eigenvalue weighted by atomic mass is 9.96. The summed E-state index contributed by atoms with van der Waals surface area (Å²) < 4.78 is 0. The highest BCUT2D eigenvalue weighted by Gasteiger charge is 2.21. The Labute approximate surface area is 113 Å². The van der Waals surface area contributed by atoms with E-state index in [0.717, 1.165) is 11.1 Å². The molecular formula is C16H19NO2. The van der Waals surface area contributed by atoms with Crippen LogP contribution >= 0.6 is 0 Å². The second kappa shape index (κ2) is 7.04. The molecule has 2 rings (SSSR count). The van der Waals surface area contributed by atoms with Gasteiger partial charge >= 0.3 is 0 Å². The molecule has 0 aromatic heterocycles. The summed E-state index contributed by atoms with van der Waals surface area (Å²) in [4.78, 5) is 0. The Morgan fingerprint density at radius 1 is 0.842 bits per heavy atom. The average Bonchev–Trinajstić information content (AvgIpc) is 2.49. The lowest BCUT2D eigenvalue weighted by Gasteiger charge is -2.25. The molecule has 0 aliphatic carbocycles. The van der Waals surface area contributed by atoms with E-state index in [0.29, 0.717) is 6.54 Å². The smallest absolute Gasteiger partial charge is 0.0984 e. The summed E-state index contributed by atoms with van der Waals surface area (Å²) in [6.07, 6.45) is -0.643. The number of rotatable bonds is 6. The quantitative estimate of drug-likeness (QED) is 0.742. The van der Waals surface area contributed by atoms with Crippen molar-refractivity contribution in [3.05, 3.63) is 71.8 Å². The topological polar surface area (TPSA) is 52.5 Å². The maximum absolute atomic E-state index is 10.5. The number of nitrogens with one attached hydrogen (secondary N) is 1. The van der Waals surface area contributed by atoms with Crippen LogP contribution in [0.1, 0.15) is 23.3 Å². The Hall–Kier alpha value is -1.68. The first-order valence-electron chi connectivity index (χ1n) is 6.45. The van der Waals surface area contributed by atoms with E-state index >= 15 is 0 Å². The molecule has 0 fully saturated rings. The highest BCUT2D eigenvalue weighted by Crippen LogP contribution is 2.28. The van der Waals surface area contributed by atoms with E-state index in [1.54, 1.807) is 0 Å². The van der Waals surface area contributed by atoms with Gasteiger partial charge in [0, 0.05) is 6.54 Å². The molecular weight excluding hydrogens is 238 g/mol. The van der Waals surface area contributed by atoms with Crippen LogP contribution in [0.15, 0.2) is 60.7 Å². The molecule has 0 aliphatic rings. The molecule has 2 aromatic carbocycles. The van der Waals surface area contributed by atoms with Gasteiger partial charge < -0.3 is 15.5 Å². The Balaban J connectivity index is 2.22. The van der Waals surface area contributed by atoms with Gasteiger partial charge in [0.1, 0.15) is 0 Å². The van der Waals surface area contributed by atoms with Crippen LogP contribution in [0, 0.1) is 0 Å². The highest BCUT2D eigenvalue weighted by atomic mass is 16.3. The van der Waals surface area contributed by atoms with Crippen LogP contribution in [-0.4, -0.2) is 23.4 Å². The molecule has 0 amide bonds. The van der Waals surface area contributed by atoms with Gasteiger partial charge in [0.2, 0.25) is 0 Å². The third kappa shape index (κ3) is 3.64. The fourth-order valence-corrected chi connectivity index (χ4v) is 2.13. The van der Waals surface area contributed by atoms with Crippen molar-refractivity contribution in [3.63, 3.8) is 0 Å². The zero-order valence-electron chi connectivity index (χ0n) is 10.7. The standard InChI is InChI=1S/C16H19NO2/c18-12-11-17-15(13-7-3-1-4-8-13)16(19)14-9-5-2-6-10-14/h1-10,15-19H,11-12H2. The molecule has 0 bridgehead atoms. The number of hydrogen-bond donors (Lipinski definition) is 3. The van der Waals surface area contributed by atoms with Crippen LogP contribution in [0.3, 0.4) is 0 Å². The predicted molar refractivity (Wildman–Crippen MR) is 75.7 cm³/mol. The van der Waals surface area contributed by atoms with E-state index in [-0.39, 0.29) is 12.6 Å². The molecule has 0 saturated heterocycles. The normalized spacial score (nSPS) is 14.0. The minimum atomic E-state index is -0.643. The Kier molecular flexibility index (Phi) is 5.10. The predicted octanol–water partition coefficient (Wildman–Crippen LogP) is 2.04. The monoisotopic (exact) mass is 257 g/mol.